The molecule has 0 bridgehead atoms. The molecule has 0 aromatic carbocycles. The average Bonchev–Trinajstić information content (AvgIpc) is 0.913. The summed E-state index contributed by atoms with van der Waals surface area (Å²) in [6.07, 6.45) is 120. The maximum atomic E-state index is 12.9. The van der Waals surface area contributed by atoms with Gasteiger partial charge in [0, 0.05) is 12.8 Å². The van der Waals surface area contributed by atoms with Crippen LogP contribution in [0.5, 0.6) is 0 Å². The first kappa shape index (κ1) is 97.9. The number of rotatable bonds is 78. The van der Waals surface area contributed by atoms with Crippen molar-refractivity contribution in [3.05, 3.63) is 146 Å². The lowest BCUT2D eigenvalue weighted by Crippen LogP contribution is -2.37. The minimum Gasteiger partial charge on any atom is -0.462 e. The fourth-order valence-electron chi connectivity index (χ4n) is 11.9. The third-order valence-electron chi connectivity index (χ3n) is 18.4. The summed E-state index contributed by atoms with van der Waals surface area (Å²) in [4.78, 5) is 36.0. The van der Waals surface area contributed by atoms with E-state index >= 15 is 0 Å². The van der Waals surface area contributed by atoms with Gasteiger partial charge in [-0.15, -0.1) is 0 Å². The molecule has 0 heterocycles. The number of likely N-dealkylation sites (N-methyl/N-ethyl adjacent to an activating group) is 1. The molecule has 586 valence electrons. The molecule has 9 nitrogen and oxygen atoms in total. The second-order valence-electron chi connectivity index (χ2n) is 29.5. The van der Waals surface area contributed by atoms with E-state index in [0.29, 0.717) is 17.4 Å². The zero-order valence-corrected chi connectivity index (χ0v) is 68.0. The first-order chi connectivity index (χ1) is 50.0. The molecular formula is C92H161NO8P+. The van der Waals surface area contributed by atoms with Crippen LogP contribution in [0.4, 0.5) is 0 Å². The van der Waals surface area contributed by atoms with Crippen LogP contribution in [0.3, 0.4) is 0 Å². The molecule has 0 spiro atoms. The molecule has 0 aliphatic carbocycles. The molecule has 0 aliphatic heterocycles. The van der Waals surface area contributed by atoms with Gasteiger partial charge in [0.25, 0.3) is 0 Å². The van der Waals surface area contributed by atoms with Gasteiger partial charge < -0.3 is 18.9 Å². The first-order valence-corrected chi connectivity index (χ1v) is 44.1. The van der Waals surface area contributed by atoms with E-state index in [1.165, 1.54) is 225 Å². The molecule has 1 N–H and O–H groups in total. The predicted octanol–water partition coefficient (Wildman–Crippen LogP) is 28.8. The Morgan fingerprint density at radius 3 is 0.833 bits per heavy atom. The number of phosphoric ester groups is 1. The highest BCUT2D eigenvalue weighted by atomic mass is 31.2. The molecule has 0 rings (SSSR count). The molecule has 102 heavy (non-hydrogen) atoms. The zero-order valence-electron chi connectivity index (χ0n) is 67.1. The normalized spacial score (nSPS) is 13.7. The maximum absolute atomic E-state index is 12.9. The number of unbranched alkanes of at least 4 members (excludes halogenated alkanes) is 40. The molecule has 2 atom stereocenters. The third-order valence-corrected chi connectivity index (χ3v) is 19.3. The minimum atomic E-state index is -4.41. The molecule has 0 fully saturated rings. The molecule has 0 radical (unpaired) electrons. The molecule has 2 unspecified atom stereocenters. The van der Waals surface area contributed by atoms with Crippen molar-refractivity contribution in [1.82, 2.24) is 0 Å². The summed E-state index contributed by atoms with van der Waals surface area (Å²) >= 11 is 0. The average molecular weight is 1440 g/mol. The van der Waals surface area contributed by atoms with Crippen LogP contribution in [0.1, 0.15) is 373 Å². The summed E-state index contributed by atoms with van der Waals surface area (Å²) in [7, 11) is 1.47. The van der Waals surface area contributed by atoms with Gasteiger partial charge in [0.15, 0.2) is 6.10 Å². The van der Waals surface area contributed by atoms with Crippen LogP contribution in [0.15, 0.2) is 146 Å². The van der Waals surface area contributed by atoms with Crippen LogP contribution in [-0.4, -0.2) is 74.9 Å². The molecule has 10 heteroatoms. The second kappa shape index (κ2) is 81.0. The molecule has 0 aromatic rings. The number of esters is 2. The Balaban J connectivity index is 3.96. The highest BCUT2D eigenvalue weighted by Gasteiger charge is 2.27. The number of carbonyl (C=O) groups excluding carboxylic acids is 2. The maximum Gasteiger partial charge on any atom is 0.472 e. The monoisotopic (exact) mass is 1440 g/mol. The summed E-state index contributed by atoms with van der Waals surface area (Å²) in [6.45, 7) is 4.33. The van der Waals surface area contributed by atoms with E-state index in [1.807, 2.05) is 21.1 Å². The van der Waals surface area contributed by atoms with Gasteiger partial charge in [0.1, 0.15) is 19.8 Å². The highest BCUT2D eigenvalue weighted by Crippen LogP contribution is 2.43. The number of quaternary nitrogens is 1. The van der Waals surface area contributed by atoms with Gasteiger partial charge in [-0.2, -0.15) is 0 Å². The van der Waals surface area contributed by atoms with Crippen molar-refractivity contribution in [2.45, 2.75) is 380 Å². The van der Waals surface area contributed by atoms with Crippen molar-refractivity contribution in [2.24, 2.45) is 0 Å². The van der Waals surface area contributed by atoms with Crippen LogP contribution < -0.4 is 0 Å². The van der Waals surface area contributed by atoms with Gasteiger partial charge >= 0.3 is 19.8 Å². The van der Waals surface area contributed by atoms with E-state index in [2.05, 4.69) is 160 Å². The highest BCUT2D eigenvalue weighted by molar-refractivity contribution is 7.47. The third kappa shape index (κ3) is 84.8. The lowest BCUT2D eigenvalue weighted by atomic mass is 10.0. The standard InChI is InChI=1S/C92H160NO8P/c1-6-8-10-12-14-16-18-20-22-24-26-28-30-32-34-36-38-40-42-44-45-46-47-49-50-52-54-56-58-60-62-64-66-68-70-72-74-76-78-80-82-84-91(94)98-88-90(89-100-102(96,97)99-87-86-93(3,4)5)101-92(95)85-83-81-79-77-75-73-71-69-67-65-63-61-59-57-55-53-51-48-43-41-39-37-35-33-31-29-27-25-23-21-19-17-15-13-11-9-7-2/h9,11,15,17-18,20-21,23-24,26-27,29-30,32-33,35,39,41,48,51,55,57,61,63,90H,6-8,10,12-14,16,19,22,25,28,31,34,36-38,40,42-47,49-50,52-54,56,58-60,62,64-89H2,1-5H3/p+1/b11-9-,17-15-,20-18-,23-21-,26-24-,29-27-,32-30-,35-33-,41-39-,51-48-,57-55-,63-61-. The Kier molecular flexibility index (Phi) is 77.7. The fraction of sp³-hybridized carbons (Fsp3) is 0.717. The van der Waals surface area contributed by atoms with Crippen LogP contribution in [0, 0.1) is 0 Å². The van der Waals surface area contributed by atoms with E-state index in [9.17, 15) is 19.0 Å². The number of hydrogen-bond acceptors (Lipinski definition) is 7. The Morgan fingerprint density at radius 2 is 0.559 bits per heavy atom. The van der Waals surface area contributed by atoms with E-state index < -0.39 is 26.5 Å². The SMILES string of the molecule is CC/C=C\C/C=C\C/C=C\C/C=C\C/C=C\C/C=C\C/C=C\C/C=C\C/C=C\CCCCCCCCCCCC(=O)OC(COC(=O)CCCCCCCCCCCCCCCCCCCCCCCCCCCC/C=C\C/C=C\C/C=C\CCCCCCC)COP(=O)(O)OCC[N+](C)(C)C. The van der Waals surface area contributed by atoms with Crippen molar-refractivity contribution < 1.29 is 42.1 Å². The quantitative estimate of drug-likeness (QED) is 0.0211. The smallest absolute Gasteiger partial charge is 0.462 e. The first-order valence-electron chi connectivity index (χ1n) is 42.6. The second-order valence-corrected chi connectivity index (χ2v) is 30.9. The lowest BCUT2D eigenvalue weighted by molar-refractivity contribution is -0.870. The number of hydrogen-bond donors (Lipinski definition) is 1. The molecular weight excluding hydrogens is 1280 g/mol. The van der Waals surface area contributed by atoms with Crippen LogP contribution in [0.25, 0.3) is 0 Å². The zero-order chi connectivity index (χ0) is 74.0. The summed E-state index contributed by atoms with van der Waals surface area (Å²) in [5.41, 5.74) is 0. The van der Waals surface area contributed by atoms with Gasteiger partial charge in [-0.05, 0) is 122 Å². The van der Waals surface area contributed by atoms with E-state index in [0.717, 1.165) is 116 Å². The van der Waals surface area contributed by atoms with Gasteiger partial charge in [-0.3, -0.25) is 18.6 Å². The van der Waals surface area contributed by atoms with Gasteiger partial charge in [0.2, 0.25) is 0 Å². The van der Waals surface area contributed by atoms with E-state index in [1.54, 1.807) is 0 Å². The summed E-state index contributed by atoms with van der Waals surface area (Å²) in [6, 6.07) is 0. The number of carbonyl (C=O) groups is 2. The minimum absolute atomic E-state index is 0.0260. The van der Waals surface area contributed by atoms with Crippen LogP contribution in [0.2, 0.25) is 0 Å². The van der Waals surface area contributed by atoms with E-state index in [4.69, 9.17) is 18.5 Å². The van der Waals surface area contributed by atoms with Gasteiger partial charge in [-0.25, -0.2) is 4.57 Å². The largest absolute Gasteiger partial charge is 0.472 e. The number of ether oxygens (including phenoxy) is 2. The molecule has 0 saturated carbocycles. The summed E-state index contributed by atoms with van der Waals surface area (Å²) in [5, 5.41) is 0. The van der Waals surface area contributed by atoms with Crippen LogP contribution >= 0.6 is 7.82 Å². The predicted molar refractivity (Wildman–Crippen MR) is 445 cm³/mol. The Bertz CT molecular complexity index is 2240. The number of phosphoric acid groups is 1. The van der Waals surface area contributed by atoms with E-state index in [-0.39, 0.29) is 32.0 Å². The van der Waals surface area contributed by atoms with Crippen LogP contribution in [-0.2, 0) is 32.7 Å². The van der Waals surface area contributed by atoms with Crippen molar-refractivity contribution >= 4 is 19.8 Å². The van der Waals surface area contributed by atoms with Crippen molar-refractivity contribution in [1.29, 1.82) is 0 Å². The molecule has 0 aromatic heterocycles. The fourth-order valence-corrected chi connectivity index (χ4v) is 12.6. The number of nitrogens with zero attached hydrogens (tertiary/aromatic N) is 1. The molecule has 0 amide bonds. The topological polar surface area (TPSA) is 108 Å². The van der Waals surface area contributed by atoms with Crippen molar-refractivity contribution in [3.63, 3.8) is 0 Å². The molecule has 0 aliphatic rings. The Morgan fingerprint density at radius 1 is 0.314 bits per heavy atom. The lowest BCUT2D eigenvalue weighted by Gasteiger charge is -2.24. The van der Waals surface area contributed by atoms with Crippen molar-refractivity contribution in [3.8, 4) is 0 Å². The summed E-state index contributed by atoms with van der Waals surface area (Å²) < 4.78 is 34.8. The molecule has 0 saturated heterocycles. The Hall–Kier alpha value is -4.11. The summed E-state index contributed by atoms with van der Waals surface area (Å²) in [5.74, 6) is -0.797. The van der Waals surface area contributed by atoms with Gasteiger partial charge in [0.05, 0.1) is 27.7 Å². The van der Waals surface area contributed by atoms with Crippen molar-refractivity contribution in [2.75, 3.05) is 47.5 Å². The van der Waals surface area contributed by atoms with Gasteiger partial charge in [-0.1, -0.05) is 384 Å². The Labute approximate surface area is 631 Å². The number of allylic oxidation sites excluding steroid dienone is 24.